The Kier molecular flexibility index (Phi) is 6.37. The zero-order chi connectivity index (χ0) is 24.8. The predicted octanol–water partition coefficient (Wildman–Crippen LogP) is 3.68. The van der Waals surface area contributed by atoms with Crippen LogP contribution in [0.3, 0.4) is 0 Å². The second-order valence-corrected chi connectivity index (χ2v) is 10.0. The lowest BCUT2D eigenvalue weighted by Crippen LogP contribution is -2.58. The Morgan fingerprint density at radius 3 is 2.51 bits per heavy atom. The SMILES string of the molecule is N[C@H](c1cn2ncc(C(C3CCOCC3)N3CC(F)(F)CNC3=O)cc2n1)C1CCC(F)(F)CC1. The van der Waals surface area contributed by atoms with Crippen molar-refractivity contribution in [1.82, 2.24) is 24.8 Å². The Hall–Kier alpha value is -2.47. The van der Waals surface area contributed by atoms with Crippen molar-refractivity contribution in [1.29, 1.82) is 0 Å². The summed E-state index contributed by atoms with van der Waals surface area (Å²) in [5.41, 5.74) is 8.02. The van der Waals surface area contributed by atoms with E-state index in [4.69, 9.17) is 10.5 Å². The first-order valence-electron chi connectivity index (χ1n) is 12.1. The summed E-state index contributed by atoms with van der Waals surface area (Å²) in [5, 5.41) is 6.73. The van der Waals surface area contributed by atoms with Gasteiger partial charge in [-0.1, -0.05) is 0 Å². The highest BCUT2D eigenvalue weighted by Crippen LogP contribution is 2.41. The van der Waals surface area contributed by atoms with E-state index in [1.807, 2.05) is 0 Å². The van der Waals surface area contributed by atoms with Gasteiger partial charge in [0.05, 0.1) is 43.3 Å². The first-order valence-corrected chi connectivity index (χ1v) is 12.1. The minimum Gasteiger partial charge on any atom is -0.381 e. The second-order valence-electron chi connectivity index (χ2n) is 10.0. The minimum atomic E-state index is -3.04. The van der Waals surface area contributed by atoms with Crippen LogP contribution in [0.4, 0.5) is 22.4 Å². The largest absolute Gasteiger partial charge is 0.381 e. The highest BCUT2D eigenvalue weighted by atomic mass is 19.3. The van der Waals surface area contributed by atoms with Crippen LogP contribution < -0.4 is 11.1 Å². The molecule has 2 aliphatic heterocycles. The zero-order valence-electron chi connectivity index (χ0n) is 19.3. The van der Waals surface area contributed by atoms with E-state index in [0.717, 1.165) is 0 Å². The Balaban J connectivity index is 1.43. The van der Waals surface area contributed by atoms with Crippen LogP contribution >= 0.6 is 0 Å². The fraction of sp³-hybridized carbons (Fsp3) is 0.696. The summed E-state index contributed by atoms with van der Waals surface area (Å²) < 4.78 is 62.6. The van der Waals surface area contributed by atoms with Crippen LogP contribution in [-0.2, 0) is 4.74 Å². The van der Waals surface area contributed by atoms with Gasteiger partial charge < -0.3 is 20.7 Å². The van der Waals surface area contributed by atoms with Crippen LogP contribution in [0.2, 0.25) is 0 Å². The number of amides is 2. The summed E-state index contributed by atoms with van der Waals surface area (Å²) in [7, 11) is 0. The van der Waals surface area contributed by atoms with Crippen LogP contribution in [0.25, 0.3) is 5.65 Å². The fourth-order valence-electron chi connectivity index (χ4n) is 5.54. The van der Waals surface area contributed by atoms with Crippen molar-refractivity contribution < 1.29 is 27.1 Å². The van der Waals surface area contributed by atoms with Crippen LogP contribution in [0, 0.1) is 11.8 Å². The third kappa shape index (κ3) is 5.09. The van der Waals surface area contributed by atoms with Gasteiger partial charge in [0.1, 0.15) is 0 Å². The van der Waals surface area contributed by atoms with E-state index in [1.165, 1.54) is 4.90 Å². The zero-order valence-corrected chi connectivity index (χ0v) is 19.3. The summed E-state index contributed by atoms with van der Waals surface area (Å²) >= 11 is 0. The summed E-state index contributed by atoms with van der Waals surface area (Å²) in [6.07, 6.45) is 4.79. The number of alkyl halides is 4. The molecule has 2 atom stereocenters. The molecule has 0 spiro atoms. The van der Waals surface area contributed by atoms with Crippen molar-refractivity contribution in [3.8, 4) is 0 Å². The van der Waals surface area contributed by atoms with Gasteiger partial charge in [-0.2, -0.15) is 5.10 Å². The Morgan fingerprint density at radius 1 is 1.09 bits per heavy atom. The van der Waals surface area contributed by atoms with Gasteiger partial charge in [-0.15, -0.1) is 0 Å². The number of fused-ring (bicyclic) bond motifs is 1. The Labute approximate surface area is 200 Å². The molecule has 4 heterocycles. The lowest BCUT2D eigenvalue weighted by Gasteiger charge is -2.42. The molecule has 8 nitrogen and oxygen atoms in total. The van der Waals surface area contributed by atoms with E-state index < -0.39 is 43.0 Å². The van der Waals surface area contributed by atoms with Gasteiger partial charge in [0.15, 0.2) is 5.65 Å². The molecule has 3 aliphatic rings. The van der Waals surface area contributed by atoms with Crippen molar-refractivity contribution >= 4 is 11.7 Å². The monoisotopic (exact) mass is 498 g/mol. The van der Waals surface area contributed by atoms with Gasteiger partial charge in [-0.25, -0.2) is 31.9 Å². The van der Waals surface area contributed by atoms with Crippen molar-refractivity contribution in [2.75, 3.05) is 26.3 Å². The molecule has 1 aliphatic carbocycles. The van der Waals surface area contributed by atoms with E-state index in [-0.39, 0.29) is 24.7 Å². The third-order valence-corrected chi connectivity index (χ3v) is 7.52. The first kappa shape index (κ1) is 24.2. The van der Waals surface area contributed by atoms with Crippen LogP contribution in [0.15, 0.2) is 18.5 Å². The number of nitrogens with two attached hydrogens (primary N) is 1. The van der Waals surface area contributed by atoms with Gasteiger partial charge in [0, 0.05) is 26.1 Å². The molecule has 1 unspecified atom stereocenters. The van der Waals surface area contributed by atoms with Crippen molar-refractivity contribution in [2.45, 2.75) is 62.5 Å². The van der Waals surface area contributed by atoms with E-state index in [1.54, 1.807) is 23.0 Å². The normalized spacial score (nSPS) is 25.4. The molecule has 3 N–H and O–H groups in total. The molecule has 2 aromatic heterocycles. The fourth-order valence-corrected chi connectivity index (χ4v) is 5.54. The smallest absolute Gasteiger partial charge is 0.318 e. The molecule has 2 aromatic rings. The van der Waals surface area contributed by atoms with Gasteiger partial charge in [0.25, 0.3) is 5.92 Å². The maximum atomic E-state index is 14.3. The summed E-state index contributed by atoms with van der Waals surface area (Å²) in [6, 6.07) is 0.0943. The number of halogens is 4. The minimum absolute atomic E-state index is 0.0757. The number of hydrogen-bond donors (Lipinski definition) is 2. The van der Waals surface area contributed by atoms with Crippen molar-refractivity contribution in [2.24, 2.45) is 17.6 Å². The Morgan fingerprint density at radius 2 is 1.80 bits per heavy atom. The molecule has 2 amide bonds. The summed E-state index contributed by atoms with van der Waals surface area (Å²) in [4.78, 5) is 18.5. The second kappa shape index (κ2) is 9.20. The topological polar surface area (TPSA) is 97.8 Å². The number of nitrogens with one attached hydrogen (secondary N) is 1. The van der Waals surface area contributed by atoms with Crippen molar-refractivity contribution in [3.63, 3.8) is 0 Å². The first-order chi connectivity index (χ1) is 16.6. The number of hydrogen-bond acceptors (Lipinski definition) is 5. The van der Waals surface area contributed by atoms with Crippen LogP contribution in [0.1, 0.15) is 61.9 Å². The molecule has 5 rings (SSSR count). The van der Waals surface area contributed by atoms with E-state index in [0.29, 0.717) is 55.8 Å². The lowest BCUT2D eigenvalue weighted by molar-refractivity contribution is -0.0570. The lowest BCUT2D eigenvalue weighted by atomic mass is 9.81. The number of carbonyl (C=O) groups is 1. The molecule has 0 bridgehead atoms. The molecule has 12 heteroatoms. The molecule has 2 saturated heterocycles. The predicted molar refractivity (Wildman–Crippen MR) is 118 cm³/mol. The van der Waals surface area contributed by atoms with Gasteiger partial charge in [-0.3, -0.25) is 0 Å². The molecule has 35 heavy (non-hydrogen) atoms. The third-order valence-electron chi connectivity index (χ3n) is 7.52. The number of ether oxygens (including phenoxy) is 1. The van der Waals surface area contributed by atoms with Crippen LogP contribution in [-0.4, -0.2) is 63.7 Å². The molecular formula is C23H30F4N6O2. The quantitative estimate of drug-likeness (QED) is 0.613. The molecule has 192 valence electrons. The van der Waals surface area contributed by atoms with E-state index in [2.05, 4.69) is 15.4 Å². The number of aromatic nitrogens is 3. The number of carbonyl (C=O) groups excluding carboxylic acids is 1. The number of urea groups is 1. The molecule has 3 fully saturated rings. The van der Waals surface area contributed by atoms with Gasteiger partial charge in [-0.05, 0) is 49.1 Å². The maximum Gasteiger partial charge on any atom is 0.318 e. The molecule has 0 radical (unpaired) electrons. The van der Waals surface area contributed by atoms with Gasteiger partial charge in [0.2, 0.25) is 5.92 Å². The highest BCUT2D eigenvalue weighted by molar-refractivity contribution is 5.76. The average Bonchev–Trinajstić information content (AvgIpc) is 3.25. The van der Waals surface area contributed by atoms with Crippen LogP contribution in [0.5, 0.6) is 0 Å². The van der Waals surface area contributed by atoms with E-state index >= 15 is 0 Å². The van der Waals surface area contributed by atoms with Gasteiger partial charge >= 0.3 is 6.03 Å². The summed E-state index contributed by atoms with van der Waals surface area (Å²) in [5.74, 6) is -5.86. The highest BCUT2D eigenvalue weighted by Gasteiger charge is 2.44. The standard InChI is InChI=1S/C23H30F4N6O2/c24-22(25)5-1-14(2-6-22)19(28)17-11-33-18(31-17)9-16(10-30-33)20(15-3-7-35-8-4-15)32-13-23(26,27)12-29-21(32)34/h9-11,14-15,19-20H,1-8,12-13,28H2,(H,29,34)/t19-,20?/m0/s1. The number of imidazole rings is 1. The Bertz CT molecular complexity index is 1060. The molecule has 1 saturated carbocycles. The van der Waals surface area contributed by atoms with Crippen molar-refractivity contribution in [3.05, 3.63) is 29.7 Å². The average molecular weight is 499 g/mol. The molecule has 0 aromatic carbocycles. The summed E-state index contributed by atoms with van der Waals surface area (Å²) in [6.45, 7) is -0.380. The number of rotatable bonds is 5. The van der Waals surface area contributed by atoms with E-state index in [9.17, 15) is 22.4 Å². The maximum absolute atomic E-state index is 14.3. The number of nitrogens with zero attached hydrogens (tertiary/aromatic N) is 4. The molecular weight excluding hydrogens is 468 g/mol.